The Morgan fingerprint density at radius 3 is 2.50 bits per heavy atom. The Labute approximate surface area is 175 Å². The van der Waals surface area contributed by atoms with Crippen LogP contribution in [0.4, 0.5) is 0 Å². The predicted molar refractivity (Wildman–Crippen MR) is 112 cm³/mol. The molecule has 0 unspecified atom stereocenters. The number of ether oxygens (including phenoxy) is 2. The van der Waals surface area contributed by atoms with Crippen LogP contribution < -0.4 is 9.47 Å². The Hall–Kier alpha value is -3.72. The highest BCUT2D eigenvalue weighted by Crippen LogP contribution is 2.24. The smallest absolute Gasteiger partial charge is 0.361 e. The average molecular weight is 405 g/mol. The number of rotatable bonds is 10. The summed E-state index contributed by atoms with van der Waals surface area (Å²) in [6, 6.07) is 18.5. The lowest BCUT2D eigenvalue weighted by Gasteiger charge is -2.23. The average Bonchev–Trinajstić information content (AvgIpc) is 3.25. The summed E-state index contributed by atoms with van der Waals surface area (Å²) in [5.41, 5.74) is 0.169. The first-order chi connectivity index (χ1) is 14.6. The molecule has 0 saturated heterocycles. The van der Waals surface area contributed by atoms with Crippen molar-refractivity contribution in [2.24, 2.45) is 0 Å². The van der Waals surface area contributed by atoms with Crippen LogP contribution in [-0.4, -0.2) is 28.4 Å². The Balaban J connectivity index is 1.47. The first-order valence-corrected chi connectivity index (χ1v) is 9.70. The van der Waals surface area contributed by atoms with Crippen molar-refractivity contribution in [3.05, 3.63) is 66.4 Å². The maximum Gasteiger partial charge on any atom is 0.361 e. The summed E-state index contributed by atoms with van der Waals surface area (Å²) < 4.78 is 16.6. The number of carboxylic acids is 1. The Morgan fingerprint density at radius 1 is 1.17 bits per heavy atom. The summed E-state index contributed by atoms with van der Waals surface area (Å²) in [6.45, 7) is 2.17. The summed E-state index contributed by atoms with van der Waals surface area (Å²) in [5.74, 6) is 2.88. The van der Waals surface area contributed by atoms with Gasteiger partial charge >= 0.3 is 5.97 Å². The molecule has 0 aliphatic rings. The van der Waals surface area contributed by atoms with E-state index in [-0.39, 0.29) is 6.42 Å². The zero-order chi connectivity index (χ0) is 21.4. The Morgan fingerprint density at radius 2 is 1.87 bits per heavy atom. The number of nitrogens with zero attached hydrogens (tertiary/aromatic N) is 1. The van der Waals surface area contributed by atoms with Crippen molar-refractivity contribution < 1.29 is 23.9 Å². The number of aliphatic carboxylic acids is 1. The summed E-state index contributed by atoms with van der Waals surface area (Å²) >= 11 is 0. The molecule has 3 aromatic rings. The SMILES string of the molecule is C#C[C@](CC)(Oc1ccc(OCCCc2cc(-c3ccccc3)no2)cc1)C(=O)O. The summed E-state index contributed by atoms with van der Waals surface area (Å²) in [5, 5.41) is 13.4. The van der Waals surface area contributed by atoms with Crippen molar-refractivity contribution in [3.63, 3.8) is 0 Å². The van der Waals surface area contributed by atoms with Gasteiger partial charge in [-0.15, -0.1) is 6.42 Å². The minimum Gasteiger partial charge on any atom is -0.494 e. The van der Waals surface area contributed by atoms with Crippen molar-refractivity contribution in [1.29, 1.82) is 0 Å². The fraction of sp³-hybridized carbons (Fsp3) is 0.250. The van der Waals surface area contributed by atoms with Gasteiger partial charge in [-0.1, -0.05) is 42.4 Å². The van der Waals surface area contributed by atoms with Gasteiger partial charge in [0.05, 0.1) is 6.61 Å². The molecule has 3 rings (SSSR count). The first-order valence-electron chi connectivity index (χ1n) is 9.70. The second-order valence-corrected chi connectivity index (χ2v) is 6.70. The van der Waals surface area contributed by atoms with E-state index in [4.69, 9.17) is 20.4 Å². The number of aromatic nitrogens is 1. The Bertz CT molecular complexity index is 1000. The quantitative estimate of drug-likeness (QED) is 0.392. The topological polar surface area (TPSA) is 81.8 Å². The standard InChI is InChI=1S/C24H23NO5/c1-3-24(4-2,23(26)27)29-20-14-12-19(13-15-20)28-16-8-11-21-17-22(25-30-21)18-9-6-5-7-10-18/h1,5-7,9-10,12-15,17H,4,8,11,16H2,2H3,(H,26,27)/t24-/m1/s1. The molecule has 6 nitrogen and oxygen atoms in total. The third-order valence-corrected chi connectivity index (χ3v) is 4.66. The summed E-state index contributed by atoms with van der Waals surface area (Å²) in [7, 11) is 0. The van der Waals surface area contributed by atoms with E-state index in [1.165, 1.54) is 0 Å². The van der Waals surface area contributed by atoms with Gasteiger partial charge in [0.25, 0.3) is 5.60 Å². The fourth-order valence-electron chi connectivity index (χ4n) is 2.88. The molecule has 0 bridgehead atoms. The van der Waals surface area contributed by atoms with Crippen molar-refractivity contribution in [3.8, 4) is 35.1 Å². The van der Waals surface area contributed by atoms with Crippen LogP contribution in [0.25, 0.3) is 11.3 Å². The van der Waals surface area contributed by atoms with E-state index in [0.29, 0.717) is 24.5 Å². The lowest BCUT2D eigenvalue weighted by molar-refractivity contribution is -0.150. The van der Waals surface area contributed by atoms with Gasteiger partial charge in [0.2, 0.25) is 0 Å². The van der Waals surface area contributed by atoms with Crippen molar-refractivity contribution in [2.45, 2.75) is 31.8 Å². The molecule has 0 radical (unpaired) electrons. The first kappa shape index (κ1) is 21.0. The summed E-state index contributed by atoms with van der Waals surface area (Å²) in [4.78, 5) is 11.4. The van der Waals surface area contributed by atoms with Gasteiger partial charge in [0.1, 0.15) is 23.0 Å². The van der Waals surface area contributed by atoms with Crippen LogP contribution >= 0.6 is 0 Å². The molecule has 1 heterocycles. The molecule has 0 amide bonds. The van der Waals surface area contributed by atoms with Crippen LogP contribution in [0.1, 0.15) is 25.5 Å². The molecule has 30 heavy (non-hydrogen) atoms. The number of terminal acetylenes is 1. The molecule has 6 heteroatoms. The molecule has 154 valence electrons. The number of benzene rings is 2. The zero-order valence-corrected chi connectivity index (χ0v) is 16.7. The molecule has 2 aromatic carbocycles. The van der Waals surface area contributed by atoms with E-state index in [1.807, 2.05) is 36.4 Å². The van der Waals surface area contributed by atoms with E-state index in [0.717, 1.165) is 23.4 Å². The highest BCUT2D eigenvalue weighted by Gasteiger charge is 2.37. The number of hydrogen-bond acceptors (Lipinski definition) is 5. The van der Waals surface area contributed by atoms with Gasteiger partial charge in [0, 0.05) is 24.5 Å². The molecule has 1 N–H and O–H groups in total. The molecule has 0 aliphatic heterocycles. The second-order valence-electron chi connectivity index (χ2n) is 6.70. The van der Waals surface area contributed by atoms with Crippen LogP contribution in [0.15, 0.2) is 65.2 Å². The normalized spacial score (nSPS) is 12.5. The van der Waals surface area contributed by atoms with Crippen LogP contribution in [0, 0.1) is 12.3 Å². The van der Waals surface area contributed by atoms with E-state index in [2.05, 4.69) is 11.1 Å². The molecular weight excluding hydrogens is 382 g/mol. The lowest BCUT2D eigenvalue weighted by atomic mass is 10.0. The molecule has 0 saturated carbocycles. The van der Waals surface area contributed by atoms with E-state index >= 15 is 0 Å². The van der Waals surface area contributed by atoms with Crippen molar-refractivity contribution in [1.82, 2.24) is 5.16 Å². The van der Waals surface area contributed by atoms with Crippen LogP contribution in [0.2, 0.25) is 0 Å². The van der Waals surface area contributed by atoms with E-state index in [9.17, 15) is 9.90 Å². The lowest BCUT2D eigenvalue weighted by Crippen LogP contribution is -2.42. The third kappa shape index (κ3) is 5.00. The van der Waals surface area contributed by atoms with E-state index in [1.54, 1.807) is 31.2 Å². The van der Waals surface area contributed by atoms with Crippen molar-refractivity contribution >= 4 is 5.97 Å². The van der Waals surface area contributed by atoms with Crippen LogP contribution in [0.3, 0.4) is 0 Å². The molecule has 0 fully saturated rings. The number of aryl methyl sites for hydroxylation is 1. The van der Waals surface area contributed by atoms with Gasteiger partial charge in [0.15, 0.2) is 0 Å². The number of hydrogen-bond donors (Lipinski definition) is 1. The number of carboxylic acid groups (broad SMARTS) is 1. The molecule has 1 atom stereocenters. The van der Waals surface area contributed by atoms with Crippen LogP contribution in [-0.2, 0) is 11.2 Å². The van der Waals surface area contributed by atoms with Gasteiger partial charge in [-0.2, -0.15) is 0 Å². The number of carbonyl (C=O) groups is 1. The largest absolute Gasteiger partial charge is 0.494 e. The minimum absolute atomic E-state index is 0.157. The zero-order valence-electron chi connectivity index (χ0n) is 16.7. The van der Waals surface area contributed by atoms with Crippen molar-refractivity contribution in [2.75, 3.05) is 6.61 Å². The fourth-order valence-corrected chi connectivity index (χ4v) is 2.88. The van der Waals surface area contributed by atoms with Gasteiger partial charge < -0.3 is 19.1 Å². The van der Waals surface area contributed by atoms with Gasteiger partial charge in [-0.3, -0.25) is 0 Å². The Kier molecular flexibility index (Phi) is 6.76. The van der Waals surface area contributed by atoms with Crippen LogP contribution in [0.5, 0.6) is 11.5 Å². The second kappa shape index (κ2) is 9.66. The highest BCUT2D eigenvalue weighted by molar-refractivity contribution is 5.82. The third-order valence-electron chi connectivity index (χ3n) is 4.66. The molecule has 1 aromatic heterocycles. The highest BCUT2D eigenvalue weighted by atomic mass is 16.5. The van der Waals surface area contributed by atoms with Gasteiger partial charge in [-0.05, 0) is 36.6 Å². The molecule has 0 spiro atoms. The molecular formula is C24H23NO5. The van der Waals surface area contributed by atoms with E-state index < -0.39 is 11.6 Å². The van der Waals surface area contributed by atoms with Gasteiger partial charge in [-0.25, -0.2) is 4.79 Å². The summed E-state index contributed by atoms with van der Waals surface area (Å²) in [6.07, 6.45) is 7.00. The molecule has 0 aliphatic carbocycles. The minimum atomic E-state index is -1.67. The monoisotopic (exact) mass is 405 g/mol. The maximum absolute atomic E-state index is 11.4. The predicted octanol–water partition coefficient (Wildman–Crippen LogP) is 4.60. The maximum atomic E-state index is 11.4.